The molecular weight excluding hydrogens is 198 g/mol. The van der Waals surface area contributed by atoms with E-state index in [4.69, 9.17) is 0 Å². The second-order valence-electron chi connectivity index (χ2n) is 4.99. The van der Waals surface area contributed by atoms with Crippen LogP contribution in [0.25, 0.3) is 0 Å². The summed E-state index contributed by atoms with van der Waals surface area (Å²) >= 11 is 0. The summed E-state index contributed by atoms with van der Waals surface area (Å²) in [4.78, 5) is 11.8. The molecule has 1 N–H and O–H groups in total. The van der Waals surface area contributed by atoms with Gasteiger partial charge in [-0.15, -0.1) is 0 Å². The van der Waals surface area contributed by atoms with Crippen molar-refractivity contribution in [1.82, 2.24) is 5.32 Å². The van der Waals surface area contributed by atoms with Crippen LogP contribution in [0.5, 0.6) is 0 Å². The first-order chi connectivity index (χ1) is 7.49. The second-order valence-corrected chi connectivity index (χ2v) is 4.99. The molecule has 0 aromatic heterocycles. The first-order valence-electron chi connectivity index (χ1n) is 5.49. The zero-order valence-corrected chi connectivity index (χ0v) is 10.2. The van der Waals surface area contributed by atoms with Gasteiger partial charge in [0.1, 0.15) is 0 Å². The third kappa shape index (κ3) is 4.78. The van der Waals surface area contributed by atoms with Gasteiger partial charge in [-0.25, -0.2) is 0 Å². The standard InChI is InChI=1S/C14H19NO/c1-14(2,3)11-15-13(16)12-9-7-5-4-6-8-10-12/h4-10H,11H2,1-3H3,(H,15,16)/b5-4-,6-4?,7-5?,8-6-,9-7-,10-8?,12-9?,12-10+. The van der Waals surface area contributed by atoms with E-state index in [-0.39, 0.29) is 11.3 Å². The Hall–Kier alpha value is -1.57. The Morgan fingerprint density at radius 2 is 1.75 bits per heavy atom. The molecule has 86 valence electrons. The van der Waals surface area contributed by atoms with Crippen molar-refractivity contribution >= 4 is 5.91 Å². The lowest BCUT2D eigenvalue weighted by Gasteiger charge is -2.18. The third-order valence-electron chi connectivity index (χ3n) is 2.04. The van der Waals surface area contributed by atoms with Crippen molar-refractivity contribution in [3.63, 3.8) is 0 Å². The van der Waals surface area contributed by atoms with Gasteiger partial charge in [0.2, 0.25) is 0 Å². The topological polar surface area (TPSA) is 29.1 Å². The molecule has 0 aromatic carbocycles. The summed E-state index contributed by atoms with van der Waals surface area (Å²) in [5.41, 5.74) is 0.793. The van der Waals surface area contributed by atoms with Gasteiger partial charge in [0.25, 0.3) is 5.91 Å². The number of carbonyl (C=O) groups excluding carboxylic acids is 1. The summed E-state index contributed by atoms with van der Waals surface area (Å²) < 4.78 is 0. The van der Waals surface area contributed by atoms with Crippen LogP contribution in [0.2, 0.25) is 0 Å². The minimum atomic E-state index is -0.0221. The van der Waals surface area contributed by atoms with E-state index < -0.39 is 0 Å². The average Bonchev–Trinajstić information content (AvgIpc) is 2.12. The van der Waals surface area contributed by atoms with Gasteiger partial charge in [0.15, 0.2) is 0 Å². The monoisotopic (exact) mass is 217 g/mol. The van der Waals surface area contributed by atoms with E-state index in [1.54, 1.807) is 0 Å². The van der Waals surface area contributed by atoms with E-state index in [0.29, 0.717) is 12.1 Å². The summed E-state index contributed by atoms with van der Waals surface area (Å²) in [6.45, 7) is 6.96. The molecule has 0 saturated carbocycles. The number of allylic oxidation sites excluding steroid dienone is 6. The summed E-state index contributed by atoms with van der Waals surface area (Å²) in [7, 11) is 0. The van der Waals surface area contributed by atoms with Gasteiger partial charge >= 0.3 is 0 Å². The van der Waals surface area contributed by atoms with Gasteiger partial charge in [-0.1, -0.05) is 51.2 Å². The highest BCUT2D eigenvalue weighted by atomic mass is 16.1. The molecule has 2 heteroatoms. The number of amides is 1. The van der Waals surface area contributed by atoms with E-state index in [2.05, 4.69) is 26.1 Å². The smallest absolute Gasteiger partial charge is 0.251 e. The van der Waals surface area contributed by atoms with Crippen LogP contribution in [0, 0.1) is 5.41 Å². The molecule has 1 aliphatic rings. The van der Waals surface area contributed by atoms with Crippen molar-refractivity contribution in [3.05, 3.63) is 48.1 Å². The van der Waals surface area contributed by atoms with Gasteiger partial charge in [0.05, 0.1) is 0 Å². The molecule has 0 aromatic rings. The van der Waals surface area contributed by atoms with Crippen LogP contribution in [-0.2, 0) is 4.79 Å². The molecule has 0 fully saturated rings. The molecule has 0 atom stereocenters. The second kappa shape index (κ2) is 5.50. The molecule has 0 radical (unpaired) electrons. The van der Waals surface area contributed by atoms with Gasteiger partial charge in [0, 0.05) is 12.1 Å². The van der Waals surface area contributed by atoms with E-state index in [1.165, 1.54) is 0 Å². The predicted molar refractivity (Wildman–Crippen MR) is 68.0 cm³/mol. The minimum absolute atomic E-state index is 0.0221. The summed E-state index contributed by atoms with van der Waals surface area (Å²) in [6, 6.07) is 0. The number of hydrogen-bond donors (Lipinski definition) is 1. The van der Waals surface area contributed by atoms with E-state index in [0.717, 1.165) is 0 Å². The maximum atomic E-state index is 11.8. The van der Waals surface area contributed by atoms with Crippen molar-refractivity contribution in [2.24, 2.45) is 5.41 Å². The third-order valence-corrected chi connectivity index (χ3v) is 2.04. The summed E-state index contributed by atoms with van der Waals surface area (Å²) in [5.74, 6) is -0.0221. The molecule has 0 saturated heterocycles. The highest BCUT2D eigenvalue weighted by Gasteiger charge is 2.13. The zero-order chi connectivity index (χ0) is 12.0. The SMILES string of the molecule is CC(C)(C)CNC(=O)C1=C/C=C\C=C/C=C\1. The van der Waals surface area contributed by atoms with Crippen molar-refractivity contribution in [3.8, 4) is 0 Å². The number of carbonyl (C=O) groups is 1. The Morgan fingerprint density at radius 1 is 1.12 bits per heavy atom. The van der Waals surface area contributed by atoms with Crippen LogP contribution in [0.1, 0.15) is 20.8 Å². The molecule has 0 spiro atoms. The van der Waals surface area contributed by atoms with Crippen LogP contribution in [0.4, 0.5) is 0 Å². The molecule has 0 heterocycles. The van der Waals surface area contributed by atoms with Crippen molar-refractivity contribution < 1.29 is 4.79 Å². The first kappa shape index (κ1) is 12.5. The van der Waals surface area contributed by atoms with Gasteiger partial charge < -0.3 is 5.32 Å². The molecule has 0 aliphatic heterocycles. The van der Waals surface area contributed by atoms with Gasteiger partial charge in [-0.05, 0) is 17.6 Å². The van der Waals surface area contributed by atoms with Crippen LogP contribution >= 0.6 is 0 Å². The van der Waals surface area contributed by atoms with E-state index in [1.807, 2.05) is 42.5 Å². The fourth-order valence-corrected chi connectivity index (χ4v) is 1.17. The maximum Gasteiger partial charge on any atom is 0.251 e. The van der Waals surface area contributed by atoms with Gasteiger partial charge in [-0.2, -0.15) is 0 Å². The molecule has 0 bridgehead atoms. The Bertz CT molecular complexity index is 365. The van der Waals surface area contributed by atoms with Crippen molar-refractivity contribution in [1.29, 1.82) is 0 Å². The van der Waals surface area contributed by atoms with Crippen LogP contribution < -0.4 is 5.32 Å². The number of hydrogen-bond acceptors (Lipinski definition) is 1. The molecule has 1 amide bonds. The quantitative estimate of drug-likeness (QED) is 0.757. The first-order valence-corrected chi connectivity index (χ1v) is 5.49. The lowest BCUT2D eigenvalue weighted by Crippen LogP contribution is -2.32. The predicted octanol–water partition coefficient (Wildman–Crippen LogP) is 2.76. The summed E-state index contributed by atoms with van der Waals surface area (Å²) in [5, 5.41) is 2.92. The Balaban J connectivity index is 2.60. The molecule has 16 heavy (non-hydrogen) atoms. The fraction of sp³-hybridized carbons (Fsp3) is 0.357. The van der Waals surface area contributed by atoms with Crippen LogP contribution in [0.15, 0.2) is 48.1 Å². The number of nitrogens with one attached hydrogen (secondary N) is 1. The average molecular weight is 217 g/mol. The molecule has 0 unspecified atom stereocenters. The molecule has 1 rings (SSSR count). The highest BCUT2D eigenvalue weighted by molar-refractivity contribution is 5.96. The number of rotatable bonds is 2. The molecule has 2 nitrogen and oxygen atoms in total. The molecular formula is C14H19NO. The summed E-state index contributed by atoms with van der Waals surface area (Å²) in [6.07, 6.45) is 13.1. The highest BCUT2D eigenvalue weighted by Crippen LogP contribution is 2.11. The van der Waals surface area contributed by atoms with Crippen molar-refractivity contribution in [2.75, 3.05) is 6.54 Å². The normalized spacial score (nSPS) is 24.6. The minimum Gasteiger partial charge on any atom is -0.352 e. The van der Waals surface area contributed by atoms with Crippen LogP contribution in [0.3, 0.4) is 0 Å². The molecule has 1 aliphatic carbocycles. The Labute approximate surface area is 97.4 Å². The van der Waals surface area contributed by atoms with Crippen molar-refractivity contribution in [2.45, 2.75) is 20.8 Å². The van der Waals surface area contributed by atoms with E-state index >= 15 is 0 Å². The lowest BCUT2D eigenvalue weighted by atomic mass is 9.97. The zero-order valence-electron chi connectivity index (χ0n) is 10.2. The van der Waals surface area contributed by atoms with E-state index in [9.17, 15) is 4.79 Å². The largest absolute Gasteiger partial charge is 0.352 e. The Kier molecular flexibility index (Phi) is 4.29. The fourth-order valence-electron chi connectivity index (χ4n) is 1.17. The maximum absolute atomic E-state index is 11.8. The van der Waals surface area contributed by atoms with Gasteiger partial charge in [-0.3, -0.25) is 4.79 Å². The van der Waals surface area contributed by atoms with Crippen LogP contribution in [-0.4, -0.2) is 12.5 Å². The lowest BCUT2D eigenvalue weighted by molar-refractivity contribution is -0.117. The Morgan fingerprint density at radius 3 is 2.44 bits per heavy atom.